The fourth-order valence-electron chi connectivity index (χ4n) is 3.41. The molecule has 162 valence electrons. The van der Waals surface area contributed by atoms with Gasteiger partial charge in [-0.15, -0.1) is 0 Å². The summed E-state index contributed by atoms with van der Waals surface area (Å²) in [7, 11) is 1.93. The molecule has 1 amide bonds. The zero-order chi connectivity index (χ0) is 21.8. The van der Waals surface area contributed by atoms with Crippen LogP contribution in [0, 0.1) is 5.92 Å². The number of aromatic amines is 1. The summed E-state index contributed by atoms with van der Waals surface area (Å²) in [5.41, 5.74) is 3.88. The Bertz CT molecular complexity index is 1060. The van der Waals surface area contributed by atoms with Crippen LogP contribution in [0.25, 0.3) is 11.2 Å². The normalized spacial score (nSPS) is 16.3. The smallest absolute Gasteiger partial charge is 0.255 e. The number of hydrogen-bond donors (Lipinski definition) is 3. The second kappa shape index (κ2) is 9.58. The number of halogens is 1. The average molecular weight is 440 g/mol. The highest BCUT2D eigenvalue weighted by Gasteiger charge is 2.33. The van der Waals surface area contributed by atoms with E-state index in [0.29, 0.717) is 28.6 Å². The molecular weight excluding hydrogens is 414 g/mol. The number of aromatic nitrogens is 3. The van der Waals surface area contributed by atoms with Gasteiger partial charge in [0.2, 0.25) is 0 Å². The van der Waals surface area contributed by atoms with Crippen LogP contribution in [0.3, 0.4) is 0 Å². The van der Waals surface area contributed by atoms with Gasteiger partial charge in [-0.25, -0.2) is 9.97 Å². The minimum absolute atomic E-state index is 0.257. The molecule has 7 nitrogen and oxygen atoms in total. The molecule has 2 heterocycles. The maximum absolute atomic E-state index is 12.4. The maximum Gasteiger partial charge on any atom is 0.255 e. The van der Waals surface area contributed by atoms with Crippen molar-refractivity contribution in [3.05, 3.63) is 58.5 Å². The molecule has 2 aliphatic carbocycles. The standard InChI is InChI=1S/C15H16N4O2.C8H10ClN/c20-7-12(9-3-4-9)19-15(21)10-5-16-14-13(10)18-11(6-17-14)8-1-2-8;1-10-6-7-2-4-8(9)5-3-7/h5-9,12H,1-4H2,(H,16,17)(H,19,21);2-5,10H,6H2,1H3. The van der Waals surface area contributed by atoms with Gasteiger partial charge in [0, 0.05) is 23.7 Å². The lowest BCUT2D eigenvalue weighted by Crippen LogP contribution is -2.37. The summed E-state index contributed by atoms with van der Waals surface area (Å²) in [5, 5.41) is 6.64. The topological polar surface area (TPSA) is 99.8 Å². The van der Waals surface area contributed by atoms with E-state index >= 15 is 0 Å². The first-order valence-electron chi connectivity index (χ1n) is 10.6. The molecule has 0 aliphatic heterocycles. The predicted molar refractivity (Wildman–Crippen MR) is 120 cm³/mol. The van der Waals surface area contributed by atoms with Gasteiger partial charge in [-0.1, -0.05) is 23.7 Å². The lowest BCUT2D eigenvalue weighted by atomic mass is 10.2. The molecule has 0 bridgehead atoms. The van der Waals surface area contributed by atoms with Crippen molar-refractivity contribution in [2.24, 2.45) is 5.92 Å². The summed E-state index contributed by atoms with van der Waals surface area (Å²) >= 11 is 5.69. The molecule has 0 radical (unpaired) electrons. The van der Waals surface area contributed by atoms with Crippen LogP contribution in [0.5, 0.6) is 0 Å². The second-order valence-corrected chi connectivity index (χ2v) is 8.53. The number of amides is 1. The molecule has 31 heavy (non-hydrogen) atoms. The zero-order valence-electron chi connectivity index (χ0n) is 17.4. The Kier molecular flexibility index (Phi) is 6.63. The highest BCUT2D eigenvalue weighted by atomic mass is 35.5. The van der Waals surface area contributed by atoms with Gasteiger partial charge in [-0.2, -0.15) is 0 Å². The quantitative estimate of drug-likeness (QED) is 0.488. The fourth-order valence-corrected chi connectivity index (χ4v) is 3.53. The Morgan fingerprint density at radius 1 is 1.26 bits per heavy atom. The van der Waals surface area contributed by atoms with Gasteiger partial charge in [0.1, 0.15) is 11.8 Å². The van der Waals surface area contributed by atoms with Gasteiger partial charge in [0.05, 0.1) is 23.5 Å². The Morgan fingerprint density at radius 3 is 2.61 bits per heavy atom. The summed E-state index contributed by atoms with van der Waals surface area (Å²) in [6.07, 6.45) is 8.50. The van der Waals surface area contributed by atoms with Crippen molar-refractivity contribution in [1.82, 2.24) is 25.6 Å². The fraction of sp³-hybridized carbons (Fsp3) is 0.391. The van der Waals surface area contributed by atoms with Crippen LogP contribution in [-0.2, 0) is 11.3 Å². The maximum atomic E-state index is 12.4. The summed E-state index contributed by atoms with van der Waals surface area (Å²) in [6.45, 7) is 0.900. The van der Waals surface area contributed by atoms with E-state index in [-0.39, 0.29) is 11.9 Å². The van der Waals surface area contributed by atoms with Crippen molar-refractivity contribution in [2.45, 2.75) is 44.2 Å². The first kappa shape index (κ1) is 21.5. The predicted octanol–water partition coefficient (Wildman–Crippen LogP) is 3.60. The first-order valence-corrected chi connectivity index (χ1v) is 11.0. The summed E-state index contributed by atoms with van der Waals surface area (Å²) in [5.74, 6) is 0.527. The Morgan fingerprint density at radius 2 is 2.00 bits per heavy atom. The average Bonchev–Trinajstić information content (AvgIpc) is 3.71. The summed E-state index contributed by atoms with van der Waals surface area (Å²) in [4.78, 5) is 35.3. The largest absolute Gasteiger partial charge is 0.344 e. The molecule has 1 unspecified atom stereocenters. The van der Waals surface area contributed by atoms with E-state index in [1.165, 1.54) is 5.56 Å². The van der Waals surface area contributed by atoms with Gasteiger partial charge < -0.3 is 20.4 Å². The third-order valence-corrected chi connectivity index (χ3v) is 5.76. The van der Waals surface area contributed by atoms with E-state index in [9.17, 15) is 9.59 Å². The van der Waals surface area contributed by atoms with Gasteiger partial charge in [-0.3, -0.25) is 4.79 Å². The molecule has 3 N–H and O–H groups in total. The van der Waals surface area contributed by atoms with Crippen molar-refractivity contribution in [3.8, 4) is 0 Å². The molecule has 2 fully saturated rings. The Labute approximate surface area is 186 Å². The van der Waals surface area contributed by atoms with Crippen LogP contribution in [0.2, 0.25) is 5.02 Å². The molecule has 2 saturated carbocycles. The van der Waals surface area contributed by atoms with Gasteiger partial charge in [-0.05, 0) is 56.3 Å². The van der Waals surface area contributed by atoms with Gasteiger partial charge in [0.25, 0.3) is 5.91 Å². The van der Waals surface area contributed by atoms with Crippen molar-refractivity contribution >= 4 is 35.0 Å². The lowest BCUT2D eigenvalue weighted by molar-refractivity contribution is -0.109. The molecule has 5 rings (SSSR count). The SMILES string of the molecule is CNCc1ccc(Cl)cc1.O=CC(NC(=O)c1c[nH]c2ncc(C3CC3)nc12)C1CC1. The van der Waals surface area contributed by atoms with Crippen LogP contribution < -0.4 is 10.6 Å². The lowest BCUT2D eigenvalue weighted by Gasteiger charge is -2.10. The number of aldehydes is 1. The minimum Gasteiger partial charge on any atom is -0.344 e. The van der Waals surface area contributed by atoms with E-state index in [0.717, 1.165) is 49.2 Å². The number of hydrogen-bond acceptors (Lipinski definition) is 5. The molecule has 0 saturated heterocycles. The number of rotatable bonds is 7. The molecule has 8 heteroatoms. The molecular formula is C23H26ClN5O2. The number of carbonyl (C=O) groups is 2. The van der Waals surface area contributed by atoms with Crippen molar-refractivity contribution in [2.75, 3.05) is 7.05 Å². The zero-order valence-corrected chi connectivity index (χ0v) is 18.2. The number of fused-ring (bicyclic) bond motifs is 1. The third kappa shape index (κ3) is 5.48. The molecule has 2 aromatic heterocycles. The molecule has 3 aromatic rings. The number of nitrogens with zero attached hydrogens (tertiary/aromatic N) is 2. The first-order chi connectivity index (χ1) is 15.1. The van der Waals surface area contributed by atoms with E-state index < -0.39 is 0 Å². The van der Waals surface area contributed by atoms with Gasteiger partial charge in [0.15, 0.2) is 5.65 Å². The van der Waals surface area contributed by atoms with Crippen LogP contribution in [0.4, 0.5) is 0 Å². The van der Waals surface area contributed by atoms with E-state index in [2.05, 4.69) is 25.6 Å². The van der Waals surface area contributed by atoms with Crippen molar-refractivity contribution in [3.63, 3.8) is 0 Å². The Balaban J connectivity index is 0.000000196. The van der Waals surface area contributed by atoms with Crippen LogP contribution in [0.15, 0.2) is 36.7 Å². The van der Waals surface area contributed by atoms with Crippen LogP contribution in [-0.4, -0.2) is 40.2 Å². The highest BCUT2D eigenvalue weighted by Crippen LogP contribution is 2.39. The van der Waals surface area contributed by atoms with E-state index in [4.69, 9.17) is 11.6 Å². The van der Waals surface area contributed by atoms with Gasteiger partial charge >= 0.3 is 0 Å². The van der Waals surface area contributed by atoms with Crippen molar-refractivity contribution < 1.29 is 9.59 Å². The van der Waals surface area contributed by atoms with E-state index in [1.54, 1.807) is 12.4 Å². The highest BCUT2D eigenvalue weighted by molar-refractivity contribution is 6.30. The number of nitrogens with one attached hydrogen (secondary N) is 3. The summed E-state index contributed by atoms with van der Waals surface area (Å²) in [6, 6.07) is 7.43. The van der Waals surface area contributed by atoms with Crippen molar-refractivity contribution in [1.29, 1.82) is 0 Å². The number of benzene rings is 1. The van der Waals surface area contributed by atoms with Crippen LogP contribution in [0.1, 0.15) is 53.2 Å². The number of H-pyrrole nitrogens is 1. The molecule has 2 aliphatic rings. The molecule has 1 aromatic carbocycles. The second-order valence-electron chi connectivity index (χ2n) is 8.10. The summed E-state index contributed by atoms with van der Waals surface area (Å²) < 4.78 is 0. The monoisotopic (exact) mass is 439 g/mol. The van der Waals surface area contributed by atoms with Crippen LogP contribution >= 0.6 is 11.6 Å². The third-order valence-electron chi connectivity index (χ3n) is 5.51. The minimum atomic E-state index is -0.387. The Hall–Kier alpha value is -2.77. The number of carbonyl (C=O) groups excluding carboxylic acids is 2. The van der Waals surface area contributed by atoms with E-state index in [1.807, 2.05) is 31.3 Å². The molecule has 1 atom stereocenters. The molecule has 0 spiro atoms.